The number of benzene rings is 2. The van der Waals surface area contributed by atoms with E-state index in [-0.39, 0.29) is 11.9 Å². The van der Waals surface area contributed by atoms with Crippen molar-refractivity contribution in [1.29, 1.82) is 0 Å². The summed E-state index contributed by atoms with van der Waals surface area (Å²) in [6.45, 7) is 0. The van der Waals surface area contributed by atoms with Crippen molar-refractivity contribution in [2.45, 2.75) is 18.9 Å². The molecule has 1 unspecified atom stereocenters. The van der Waals surface area contributed by atoms with Gasteiger partial charge in [0.1, 0.15) is 0 Å². The van der Waals surface area contributed by atoms with Crippen LogP contribution >= 0.6 is 0 Å². The Morgan fingerprint density at radius 3 is 2.39 bits per heavy atom. The number of carbonyl (C=O) groups is 2. The topological polar surface area (TPSA) is 46.6 Å². The molecule has 4 heteroatoms. The van der Waals surface area contributed by atoms with Gasteiger partial charge in [0.25, 0.3) is 5.91 Å². The number of ether oxygens (including phenoxy) is 1. The fourth-order valence-electron chi connectivity index (χ4n) is 3.15. The first-order valence-corrected chi connectivity index (χ1v) is 7.65. The molecule has 0 radical (unpaired) electrons. The second-order valence-electron chi connectivity index (χ2n) is 5.74. The lowest BCUT2D eigenvalue weighted by atomic mass is 10.1. The van der Waals surface area contributed by atoms with Crippen molar-refractivity contribution >= 4 is 11.9 Å². The Labute approximate surface area is 135 Å². The van der Waals surface area contributed by atoms with Gasteiger partial charge in [-0.1, -0.05) is 24.3 Å². The Hall–Kier alpha value is -2.62. The Morgan fingerprint density at radius 2 is 1.70 bits per heavy atom. The van der Waals surface area contributed by atoms with E-state index in [1.165, 1.54) is 18.2 Å². The predicted octanol–water partition coefficient (Wildman–Crippen LogP) is 3.23. The molecular weight excluding hydrogens is 290 g/mol. The number of amides is 1. The molecular formula is C19H19NO3. The van der Waals surface area contributed by atoms with E-state index in [1.54, 1.807) is 29.2 Å². The number of nitrogens with zero attached hydrogens (tertiary/aromatic N) is 1. The molecule has 3 rings (SSSR count). The molecule has 0 saturated carbocycles. The largest absolute Gasteiger partial charge is 0.465 e. The summed E-state index contributed by atoms with van der Waals surface area (Å²) in [6.07, 6.45) is 1.95. The maximum atomic E-state index is 12.7. The summed E-state index contributed by atoms with van der Waals surface area (Å²) in [6, 6.07) is 15.0. The lowest BCUT2D eigenvalue weighted by Gasteiger charge is -2.25. The number of hydrogen-bond donors (Lipinski definition) is 0. The molecule has 1 amide bonds. The van der Waals surface area contributed by atoms with Crippen LogP contribution in [0.4, 0.5) is 0 Å². The highest BCUT2D eigenvalue weighted by atomic mass is 16.5. The van der Waals surface area contributed by atoms with Gasteiger partial charge in [0.15, 0.2) is 0 Å². The number of fused-ring (bicyclic) bond motifs is 1. The van der Waals surface area contributed by atoms with Crippen LogP contribution in [0.25, 0.3) is 0 Å². The van der Waals surface area contributed by atoms with Crippen LogP contribution in [-0.2, 0) is 11.2 Å². The van der Waals surface area contributed by atoms with Crippen LogP contribution in [0.2, 0.25) is 0 Å². The van der Waals surface area contributed by atoms with E-state index in [4.69, 9.17) is 0 Å². The van der Waals surface area contributed by atoms with Crippen molar-refractivity contribution in [3.05, 3.63) is 70.8 Å². The van der Waals surface area contributed by atoms with Crippen LogP contribution in [-0.4, -0.2) is 30.9 Å². The van der Waals surface area contributed by atoms with Gasteiger partial charge in [-0.15, -0.1) is 0 Å². The van der Waals surface area contributed by atoms with Crippen LogP contribution < -0.4 is 0 Å². The van der Waals surface area contributed by atoms with E-state index < -0.39 is 5.97 Å². The smallest absolute Gasteiger partial charge is 0.337 e. The highest BCUT2D eigenvalue weighted by molar-refractivity contribution is 5.96. The van der Waals surface area contributed by atoms with Crippen molar-refractivity contribution in [3.8, 4) is 0 Å². The molecule has 0 aliphatic heterocycles. The summed E-state index contributed by atoms with van der Waals surface area (Å²) in [5, 5.41) is 0. The van der Waals surface area contributed by atoms with E-state index >= 15 is 0 Å². The summed E-state index contributed by atoms with van der Waals surface area (Å²) >= 11 is 0. The highest BCUT2D eigenvalue weighted by Gasteiger charge is 2.28. The molecule has 4 nitrogen and oxygen atoms in total. The number of carbonyl (C=O) groups excluding carboxylic acids is 2. The molecule has 0 fully saturated rings. The number of aryl methyl sites for hydroxylation is 1. The Balaban J connectivity index is 1.79. The summed E-state index contributed by atoms with van der Waals surface area (Å²) < 4.78 is 4.67. The fourth-order valence-corrected chi connectivity index (χ4v) is 3.15. The number of methoxy groups -OCH3 is 1. The normalized spacial score (nSPS) is 15.8. The number of esters is 1. The second kappa shape index (κ2) is 6.24. The first-order chi connectivity index (χ1) is 11.1. The average Bonchev–Trinajstić information content (AvgIpc) is 3.04. The fraction of sp³-hybridized carbons (Fsp3) is 0.263. The maximum Gasteiger partial charge on any atom is 0.337 e. The highest BCUT2D eigenvalue weighted by Crippen LogP contribution is 2.35. The van der Waals surface area contributed by atoms with Crippen LogP contribution in [0.3, 0.4) is 0 Å². The van der Waals surface area contributed by atoms with Crippen LogP contribution in [0.1, 0.15) is 44.3 Å². The third-order valence-electron chi connectivity index (χ3n) is 4.44. The minimum atomic E-state index is -0.401. The van der Waals surface area contributed by atoms with Crippen molar-refractivity contribution in [1.82, 2.24) is 4.90 Å². The molecule has 0 saturated heterocycles. The molecule has 23 heavy (non-hydrogen) atoms. The van der Waals surface area contributed by atoms with E-state index in [1.807, 2.05) is 19.2 Å². The van der Waals surface area contributed by atoms with E-state index in [0.717, 1.165) is 12.8 Å². The van der Waals surface area contributed by atoms with Gasteiger partial charge in [0.05, 0.1) is 18.7 Å². The van der Waals surface area contributed by atoms with Crippen molar-refractivity contribution in [2.75, 3.05) is 14.2 Å². The lowest BCUT2D eigenvalue weighted by molar-refractivity contribution is 0.0599. The second-order valence-corrected chi connectivity index (χ2v) is 5.74. The third kappa shape index (κ3) is 2.84. The summed E-state index contributed by atoms with van der Waals surface area (Å²) in [4.78, 5) is 25.9. The van der Waals surface area contributed by atoms with Crippen LogP contribution in [0.15, 0.2) is 48.5 Å². The first kappa shape index (κ1) is 15.3. The van der Waals surface area contributed by atoms with Gasteiger partial charge >= 0.3 is 5.97 Å². The third-order valence-corrected chi connectivity index (χ3v) is 4.44. The lowest BCUT2D eigenvalue weighted by Crippen LogP contribution is -2.30. The number of rotatable bonds is 3. The Bertz CT molecular complexity index is 737. The molecule has 0 bridgehead atoms. The molecule has 2 aromatic rings. The summed E-state index contributed by atoms with van der Waals surface area (Å²) in [7, 11) is 3.18. The van der Waals surface area contributed by atoms with Gasteiger partial charge in [0.2, 0.25) is 0 Å². The van der Waals surface area contributed by atoms with Crippen LogP contribution in [0, 0.1) is 0 Å². The molecule has 0 N–H and O–H groups in total. The molecule has 1 atom stereocenters. The van der Waals surface area contributed by atoms with Gasteiger partial charge in [-0.25, -0.2) is 4.79 Å². The standard InChI is InChI=1S/C19H19NO3/c1-20(17-12-11-13-5-3-4-6-16(13)17)18(21)14-7-9-15(10-8-14)19(22)23-2/h3-10,17H,11-12H2,1-2H3. The van der Waals surface area contributed by atoms with E-state index in [2.05, 4.69) is 16.9 Å². The molecule has 0 aromatic heterocycles. The van der Waals surface area contributed by atoms with Crippen molar-refractivity contribution in [2.24, 2.45) is 0 Å². The summed E-state index contributed by atoms with van der Waals surface area (Å²) in [5.41, 5.74) is 3.56. The van der Waals surface area contributed by atoms with Gasteiger partial charge < -0.3 is 9.64 Å². The zero-order valence-corrected chi connectivity index (χ0v) is 13.3. The SMILES string of the molecule is COC(=O)c1ccc(C(=O)N(C)C2CCc3ccccc32)cc1. The first-order valence-electron chi connectivity index (χ1n) is 7.65. The number of hydrogen-bond acceptors (Lipinski definition) is 3. The minimum Gasteiger partial charge on any atom is -0.465 e. The summed E-state index contributed by atoms with van der Waals surface area (Å²) in [5.74, 6) is -0.440. The molecule has 118 valence electrons. The predicted molar refractivity (Wildman–Crippen MR) is 87.4 cm³/mol. The zero-order chi connectivity index (χ0) is 16.4. The van der Waals surface area contributed by atoms with Gasteiger partial charge in [-0.05, 0) is 48.2 Å². The quantitative estimate of drug-likeness (QED) is 0.818. The van der Waals surface area contributed by atoms with Crippen molar-refractivity contribution < 1.29 is 14.3 Å². The van der Waals surface area contributed by atoms with Crippen molar-refractivity contribution in [3.63, 3.8) is 0 Å². The van der Waals surface area contributed by atoms with E-state index in [9.17, 15) is 9.59 Å². The van der Waals surface area contributed by atoms with Gasteiger partial charge in [-0.2, -0.15) is 0 Å². The average molecular weight is 309 g/mol. The Morgan fingerprint density at radius 1 is 1.04 bits per heavy atom. The van der Waals surface area contributed by atoms with Gasteiger partial charge in [0, 0.05) is 12.6 Å². The molecule has 1 aliphatic carbocycles. The monoisotopic (exact) mass is 309 g/mol. The molecule has 0 spiro atoms. The van der Waals surface area contributed by atoms with E-state index in [0.29, 0.717) is 11.1 Å². The van der Waals surface area contributed by atoms with Gasteiger partial charge in [-0.3, -0.25) is 4.79 Å². The molecule has 0 heterocycles. The molecule has 1 aliphatic rings. The molecule has 2 aromatic carbocycles. The zero-order valence-electron chi connectivity index (χ0n) is 13.3. The minimum absolute atomic E-state index is 0.0388. The maximum absolute atomic E-state index is 12.7. The Kier molecular flexibility index (Phi) is 4.15. The van der Waals surface area contributed by atoms with Crippen LogP contribution in [0.5, 0.6) is 0 Å².